The van der Waals surface area contributed by atoms with Gasteiger partial charge in [-0.2, -0.15) is 0 Å². The summed E-state index contributed by atoms with van der Waals surface area (Å²) in [5.74, 6) is 0.267. The minimum Gasteiger partial charge on any atom is -0.357 e. The van der Waals surface area contributed by atoms with Gasteiger partial charge in [-0.3, -0.25) is 9.59 Å². The molecule has 0 aromatic carbocycles. The molecule has 7 heteroatoms. The van der Waals surface area contributed by atoms with Crippen molar-refractivity contribution in [3.63, 3.8) is 0 Å². The standard InChI is InChI=1S/C57H117N5O2/c1-6-11-16-21-26-31-36-45-59(46-37-32-27-22-17-12-7-2)50-41-42-51-62(53-44-58-56-63)57(64)43-52-61(49-40-35-30-25-20-15-10-5)55-54-60(47-38-33-28-23-18-13-8-3)48-39-34-29-24-19-14-9-4/h56H,6-55H2,1-5H3,(H,58,63). The van der Waals surface area contributed by atoms with E-state index in [2.05, 4.69) is 59.5 Å². The summed E-state index contributed by atoms with van der Waals surface area (Å²) in [6, 6.07) is 0. The molecule has 64 heavy (non-hydrogen) atoms. The fourth-order valence-corrected chi connectivity index (χ4v) is 9.42. The van der Waals surface area contributed by atoms with Crippen molar-refractivity contribution in [3.05, 3.63) is 0 Å². The van der Waals surface area contributed by atoms with Gasteiger partial charge in [0.05, 0.1) is 0 Å². The molecule has 0 unspecified atom stereocenters. The number of hydrogen-bond donors (Lipinski definition) is 1. The van der Waals surface area contributed by atoms with E-state index in [0.29, 0.717) is 19.5 Å². The SMILES string of the molecule is CCCCCCCCCN(CCCCCCCCC)CCCCN(CCNC=O)C(=O)CCN(CCCCCCCCC)CCN(CCCCCCCCC)CCCCCCCCC. The van der Waals surface area contributed by atoms with Gasteiger partial charge in [0.15, 0.2) is 0 Å². The minimum absolute atomic E-state index is 0.267. The number of rotatable bonds is 55. The topological polar surface area (TPSA) is 59.1 Å². The lowest BCUT2D eigenvalue weighted by atomic mass is 10.1. The summed E-state index contributed by atoms with van der Waals surface area (Å²) in [7, 11) is 0. The Morgan fingerprint density at radius 3 is 0.875 bits per heavy atom. The first-order valence-electron chi connectivity index (χ1n) is 29.2. The van der Waals surface area contributed by atoms with Crippen molar-refractivity contribution in [2.45, 2.75) is 279 Å². The van der Waals surface area contributed by atoms with E-state index in [4.69, 9.17) is 0 Å². The van der Waals surface area contributed by atoms with Crippen LogP contribution < -0.4 is 5.32 Å². The second-order valence-electron chi connectivity index (χ2n) is 20.0. The smallest absolute Gasteiger partial charge is 0.223 e. The summed E-state index contributed by atoms with van der Waals surface area (Å²) >= 11 is 0. The van der Waals surface area contributed by atoms with Gasteiger partial charge in [-0.15, -0.1) is 0 Å². The van der Waals surface area contributed by atoms with Gasteiger partial charge in [0.25, 0.3) is 0 Å². The van der Waals surface area contributed by atoms with Crippen LogP contribution in [-0.2, 0) is 9.59 Å². The summed E-state index contributed by atoms with van der Waals surface area (Å²) < 4.78 is 0. The number of amides is 2. The van der Waals surface area contributed by atoms with Crippen LogP contribution in [0.4, 0.5) is 0 Å². The number of hydrogen-bond acceptors (Lipinski definition) is 5. The zero-order chi connectivity index (χ0) is 46.7. The van der Waals surface area contributed by atoms with Crippen LogP contribution in [0.2, 0.25) is 0 Å². The third-order valence-electron chi connectivity index (χ3n) is 13.9. The number of carbonyl (C=O) groups excluding carboxylic acids is 2. The van der Waals surface area contributed by atoms with E-state index in [1.807, 2.05) is 0 Å². The molecule has 0 heterocycles. The van der Waals surface area contributed by atoms with Crippen molar-refractivity contribution in [2.75, 3.05) is 78.5 Å². The number of nitrogens with zero attached hydrogens (tertiary/aromatic N) is 4. The van der Waals surface area contributed by atoms with E-state index in [1.165, 1.54) is 251 Å². The van der Waals surface area contributed by atoms with Crippen LogP contribution in [0.3, 0.4) is 0 Å². The molecule has 0 radical (unpaired) electrons. The first-order chi connectivity index (χ1) is 31.6. The highest BCUT2D eigenvalue weighted by Gasteiger charge is 2.17. The second kappa shape index (κ2) is 52.8. The Morgan fingerprint density at radius 2 is 0.562 bits per heavy atom. The molecule has 2 amide bonds. The highest BCUT2D eigenvalue weighted by atomic mass is 16.2. The maximum atomic E-state index is 14.0. The van der Waals surface area contributed by atoms with E-state index >= 15 is 0 Å². The number of unbranched alkanes of at least 4 members (excludes halogenated alkanes) is 31. The maximum absolute atomic E-state index is 14.0. The minimum atomic E-state index is 0.267. The highest BCUT2D eigenvalue weighted by molar-refractivity contribution is 5.76. The van der Waals surface area contributed by atoms with E-state index in [0.717, 1.165) is 58.5 Å². The molecule has 0 atom stereocenters. The van der Waals surface area contributed by atoms with Crippen LogP contribution in [0.5, 0.6) is 0 Å². The Balaban J connectivity index is 5.45. The largest absolute Gasteiger partial charge is 0.357 e. The first-order valence-corrected chi connectivity index (χ1v) is 29.2. The molecule has 0 aliphatic carbocycles. The molecule has 0 aromatic rings. The van der Waals surface area contributed by atoms with E-state index < -0.39 is 0 Å². The molecular formula is C57H117N5O2. The predicted octanol–water partition coefficient (Wildman–Crippen LogP) is 15.4. The van der Waals surface area contributed by atoms with Gasteiger partial charge in [-0.05, 0) is 84.2 Å². The molecule has 1 N–H and O–H groups in total. The Labute approximate surface area is 402 Å². The van der Waals surface area contributed by atoms with E-state index in [1.54, 1.807) is 0 Å². The molecule has 0 saturated carbocycles. The number of carbonyl (C=O) groups is 2. The number of nitrogens with one attached hydrogen (secondary N) is 1. The average molecular weight is 905 g/mol. The molecule has 0 saturated heterocycles. The molecule has 382 valence electrons. The lowest BCUT2D eigenvalue weighted by Gasteiger charge is -2.29. The fourth-order valence-electron chi connectivity index (χ4n) is 9.42. The van der Waals surface area contributed by atoms with Gasteiger partial charge in [-0.25, -0.2) is 0 Å². The van der Waals surface area contributed by atoms with E-state index in [9.17, 15) is 9.59 Å². The summed E-state index contributed by atoms with van der Waals surface area (Å²) in [4.78, 5) is 35.5. The van der Waals surface area contributed by atoms with Crippen molar-refractivity contribution in [1.29, 1.82) is 0 Å². The lowest BCUT2D eigenvalue weighted by Crippen LogP contribution is -2.41. The molecule has 0 bridgehead atoms. The van der Waals surface area contributed by atoms with Crippen molar-refractivity contribution in [2.24, 2.45) is 0 Å². The molecule has 0 aliphatic heterocycles. The van der Waals surface area contributed by atoms with Gasteiger partial charge in [0.2, 0.25) is 12.3 Å². The molecule has 0 fully saturated rings. The first kappa shape index (κ1) is 62.8. The van der Waals surface area contributed by atoms with Crippen molar-refractivity contribution >= 4 is 12.3 Å². The van der Waals surface area contributed by atoms with Gasteiger partial charge in [-0.1, -0.05) is 227 Å². The van der Waals surface area contributed by atoms with Gasteiger partial charge in [0, 0.05) is 45.7 Å². The molecule has 0 aromatic heterocycles. The summed E-state index contributed by atoms with van der Waals surface area (Å²) in [5.41, 5.74) is 0. The van der Waals surface area contributed by atoms with Crippen molar-refractivity contribution < 1.29 is 9.59 Å². The Hall–Kier alpha value is -1.18. The molecular weight excluding hydrogens is 787 g/mol. The zero-order valence-corrected chi connectivity index (χ0v) is 44.5. The Kier molecular flexibility index (Phi) is 51.8. The zero-order valence-electron chi connectivity index (χ0n) is 44.5. The fraction of sp³-hybridized carbons (Fsp3) is 0.965. The highest BCUT2D eigenvalue weighted by Crippen LogP contribution is 2.14. The van der Waals surface area contributed by atoms with Gasteiger partial charge in [0.1, 0.15) is 0 Å². The second-order valence-corrected chi connectivity index (χ2v) is 20.0. The normalized spacial score (nSPS) is 11.8. The Bertz CT molecular complexity index is 884. The van der Waals surface area contributed by atoms with Crippen LogP contribution >= 0.6 is 0 Å². The van der Waals surface area contributed by atoms with Gasteiger partial charge < -0.3 is 24.9 Å². The molecule has 0 spiro atoms. The summed E-state index contributed by atoms with van der Waals surface area (Å²) in [6.45, 7) is 23.6. The quantitative estimate of drug-likeness (QED) is 0.0487. The summed E-state index contributed by atoms with van der Waals surface area (Å²) in [5, 5.41) is 2.85. The van der Waals surface area contributed by atoms with Crippen LogP contribution in [0, 0.1) is 0 Å². The molecule has 0 rings (SSSR count). The molecule has 7 nitrogen and oxygen atoms in total. The average Bonchev–Trinajstić information content (AvgIpc) is 3.30. The summed E-state index contributed by atoms with van der Waals surface area (Å²) in [6.07, 6.45) is 50.9. The Morgan fingerprint density at radius 1 is 0.312 bits per heavy atom. The van der Waals surface area contributed by atoms with Crippen LogP contribution in [0.1, 0.15) is 279 Å². The third-order valence-corrected chi connectivity index (χ3v) is 13.9. The van der Waals surface area contributed by atoms with Crippen LogP contribution in [0.15, 0.2) is 0 Å². The monoisotopic (exact) mass is 904 g/mol. The maximum Gasteiger partial charge on any atom is 0.223 e. The van der Waals surface area contributed by atoms with Crippen molar-refractivity contribution in [1.82, 2.24) is 24.9 Å². The van der Waals surface area contributed by atoms with Gasteiger partial charge >= 0.3 is 0 Å². The third kappa shape index (κ3) is 44.6. The van der Waals surface area contributed by atoms with E-state index in [-0.39, 0.29) is 5.91 Å². The molecule has 0 aliphatic rings. The van der Waals surface area contributed by atoms with Crippen LogP contribution in [-0.4, -0.2) is 110 Å². The van der Waals surface area contributed by atoms with Crippen LogP contribution in [0.25, 0.3) is 0 Å². The lowest BCUT2D eigenvalue weighted by molar-refractivity contribution is -0.131. The predicted molar refractivity (Wildman–Crippen MR) is 284 cm³/mol. The van der Waals surface area contributed by atoms with Crippen molar-refractivity contribution in [3.8, 4) is 0 Å².